The third-order valence-corrected chi connectivity index (χ3v) is 7.55. The number of nitrogens with zero attached hydrogens (tertiary/aromatic N) is 2. The highest BCUT2D eigenvalue weighted by Crippen LogP contribution is 2.25. The van der Waals surface area contributed by atoms with Crippen LogP contribution in [0, 0.1) is 13.8 Å². The molecule has 0 heterocycles. The van der Waals surface area contributed by atoms with Crippen molar-refractivity contribution < 1.29 is 18.0 Å². The third kappa shape index (κ3) is 8.12. The van der Waals surface area contributed by atoms with Gasteiger partial charge in [-0.2, -0.15) is 0 Å². The molecule has 0 fully saturated rings. The van der Waals surface area contributed by atoms with Crippen LogP contribution in [0.15, 0.2) is 36.4 Å². The molecule has 1 unspecified atom stereocenters. The van der Waals surface area contributed by atoms with Crippen LogP contribution in [0.2, 0.25) is 10.0 Å². The summed E-state index contributed by atoms with van der Waals surface area (Å²) in [6.45, 7) is 5.97. The van der Waals surface area contributed by atoms with Gasteiger partial charge in [-0.1, -0.05) is 42.3 Å². The lowest BCUT2D eigenvalue weighted by atomic mass is 10.1. The molecule has 2 aromatic rings. The van der Waals surface area contributed by atoms with Gasteiger partial charge in [0.15, 0.2) is 0 Å². The third-order valence-electron chi connectivity index (χ3n) is 5.62. The summed E-state index contributed by atoms with van der Waals surface area (Å²) in [4.78, 5) is 27.4. The van der Waals surface area contributed by atoms with E-state index in [1.54, 1.807) is 18.2 Å². The highest BCUT2D eigenvalue weighted by Gasteiger charge is 2.28. The lowest BCUT2D eigenvalue weighted by Crippen LogP contribution is -2.48. The van der Waals surface area contributed by atoms with Gasteiger partial charge in [-0.05, 0) is 67.6 Å². The zero-order valence-electron chi connectivity index (χ0n) is 20.8. The quantitative estimate of drug-likeness (QED) is 0.446. The fraction of sp³-hybridized carbons (Fsp3) is 0.440. The largest absolute Gasteiger partial charge is 0.357 e. The molecule has 1 atom stereocenters. The average Bonchev–Trinajstić information content (AvgIpc) is 2.76. The Morgan fingerprint density at radius 2 is 1.66 bits per heavy atom. The number of sulfonamides is 1. The van der Waals surface area contributed by atoms with Crippen molar-refractivity contribution in [2.24, 2.45) is 0 Å². The number of amides is 2. The Labute approximate surface area is 218 Å². The number of rotatable bonds is 11. The molecule has 35 heavy (non-hydrogen) atoms. The predicted molar refractivity (Wildman–Crippen MR) is 142 cm³/mol. The molecule has 0 aliphatic carbocycles. The summed E-state index contributed by atoms with van der Waals surface area (Å²) in [6, 6.07) is 10.0. The minimum Gasteiger partial charge on any atom is -0.357 e. The average molecular weight is 543 g/mol. The van der Waals surface area contributed by atoms with Gasteiger partial charge in [-0.25, -0.2) is 8.42 Å². The highest BCUT2D eigenvalue weighted by molar-refractivity contribution is 7.92. The lowest BCUT2D eigenvalue weighted by molar-refractivity contribution is -0.141. The van der Waals surface area contributed by atoms with Crippen LogP contribution in [-0.2, 0) is 26.2 Å². The summed E-state index contributed by atoms with van der Waals surface area (Å²) in [6.07, 6.45) is 1.94. The summed E-state index contributed by atoms with van der Waals surface area (Å²) in [7, 11) is -2.02. The monoisotopic (exact) mass is 541 g/mol. The molecule has 7 nitrogen and oxygen atoms in total. The van der Waals surface area contributed by atoms with Crippen molar-refractivity contribution in [3.8, 4) is 0 Å². The number of carbonyl (C=O) groups excluding carboxylic acids is 2. The first-order valence-corrected chi connectivity index (χ1v) is 14.0. The number of likely N-dealkylation sites (N-methyl/N-ethyl adjacent to an activating group) is 1. The Morgan fingerprint density at radius 1 is 1.03 bits per heavy atom. The van der Waals surface area contributed by atoms with Crippen LogP contribution in [0.3, 0.4) is 0 Å². The summed E-state index contributed by atoms with van der Waals surface area (Å²) >= 11 is 12.2. The van der Waals surface area contributed by atoms with E-state index in [4.69, 9.17) is 23.2 Å². The summed E-state index contributed by atoms with van der Waals surface area (Å²) in [5.74, 6) is -0.519. The lowest BCUT2D eigenvalue weighted by Gasteiger charge is -2.31. The number of carbonyl (C=O) groups is 2. The second-order valence-corrected chi connectivity index (χ2v) is 11.3. The Hall–Kier alpha value is -2.29. The molecule has 192 valence electrons. The smallest absolute Gasteiger partial charge is 0.242 e. The number of benzene rings is 2. The minimum atomic E-state index is -3.55. The first-order chi connectivity index (χ1) is 16.4. The summed E-state index contributed by atoms with van der Waals surface area (Å²) < 4.78 is 26.3. The van der Waals surface area contributed by atoms with E-state index in [0.717, 1.165) is 22.9 Å². The first-order valence-electron chi connectivity index (χ1n) is 11.4. The zero-order valence-corrected chi connectivity index (χ0v) is 23.1. The molecule has 1 N–H and O–H groups in total. The number of nitrogens with one attached hydrogen (secondary N) is 1. The van der Waals surface area contributed by atoms with Crippen LogP contribution in [0.1, 0.15) is 42.9 Å². The number of aryl methyl sites for hydroxylation is 2. The van der Waals surface area contributed by atoms with Crippen molar-refractivity contribution in [3.63, 3.8) is 0 Å². The Bertz CT molecular complexity index is 1150. The van der Waals surface area contributed by atoms with Crippen molar-refractivity contribution in [1.82, 2.24) is 10.2 Å². The number of hydrogen-bond donors (Lipinski definition) is 1. The molecule has 10 heteroatoms. The summed E-state index contributed by atoms with van der Waals surface area (Å²) in [5, 5.41) is 3.38. The Balaban J connectivity index is 2.23. The number of halogens is 2. The van der Waals surface area contributed by atoms with Gasteiger partial charge in [0.05, 0.1) is 22.0 Å². The Kier molecular flexibility index (Phi) is 10.4. The van der Waals surface area contributed by atoms with E-state index in [-0.39, 0.29) is 31.3 Å². The van der Waals surface area contributed by atoms with Crippen molar-refractivity contribution >= 4 is 50.7 Å². The molecule has 2 amide bonds. The van der Waals surface area contributed by atoms with Crippen LogP contribution < -0.4 is 9.62 Å². The SMILES string of the molecule is CCC(C(=O)NC)N(Cc1ccc(Cl)c(Cl)c1)C(=O)CCCN(c1cc(C)cc(C)c1)S(C)(=O)=O. The van der Waals surface area contributed by atoms with Gasteiger partial charge in [0.1, 0.15) is 6.04 Å². The van der Waals surface area contributed by atoms with E-state index in [2.05, 4.69) is 5.32 Å². The second-order valence-electron chi connectivity index (χ2n) is 8.59. The van der Waals surface area contributed by atoms with Crippen molar-refractivity contribution in [2.75, 3.05) is 24.2 Å². The van der Waals surface area contributed by atoms with Crippen LogP contribution in [-0.4, -0.2) is 51.0 Å². The van der Waals surface area contributed by atoms with E-state index >= 15 is 0 Å². The topological polar surface area (TPSA) is 86.8 Å². The van der Waals surface area contributed by atoms with Crippen LogP contribution in [0.5, 0.6) is 0 Å². The predicted octanol–water partition coefficient (Wildman–Crippen LogP) is 4.71. The van der Waals surface area contributed by atoms with E-state index < -0.39 is 16.1 Å². The zero-order chi connectivity index (χ0) is 26.3. The molecule has 0 aliphatic rings. The molecule has 2 rings (SSSR count). The fourth-order valence-electron chi connectivity index (χ4n) is 4.02. The molecule has 0 aromatic heterocycles. The maximum Gasteiger partial charge on any atom is 0.242 e. The maximum absolute atomic E-state index is 13.3. The van der Waals surface area contributed by atoms with Crippen LogP contribution >= 0.6 is 23.2 Å². The van der Waals surface area contributed by atoms with Gasteiger partial charge in [0, 0.05) is 26.6 Å². The molecular weight excluding hydrogens is 509 g/mol. The van der Waals surface area contributed by atoms with Gasteiger partial charge in [0.25, 0.3) is 0 Å². The molecule has 2 aromatic carbocycles. The second kappa shape index (κ2) is 12.6. The van der Waals surface area contributed by atoms with Crippen molar-refractivity contribution in [2.45, 2.75) is 52.6 Å². The van der Waals surface area contributed by atoms with Gasteiger partial charge in [-0.15, -0.1) is 0 Å². The van der Waals surface area contributed by atoms with Crippen molar-refractivity contribution in [3.05, 3.63) is 63.1 Å². The molecular formula is C25H33Cl2N3O4S. The van der Waals surface area contributed by atoms with Crippen LogP contribution in [0.25, 0.3) is 0 Å². The summed E-state index contributed by atoms with van der Waals surface area (Å²) in [5.41, 5.74) is 3.22. The molecule has 0 saturated carbocycles. The Morgan fingerprint density at radius 3 is 2.17 bits per heavy atom. The highest BCUT2D eigenvalue weighted by atomic mass is 35.5. The molecule has 0 saturated heterocycles. The minimum absolute atomic E-state index is 0.0750. The van der Waals surface area contributed by atoms with E-state index in [1.165, 1.54) is 16.3 Å². The van der Waals surface area contributed by atoms with Crippen LogP contribution in [0.4, 0.5) is 5.69 Å². The number of anilines is 1. The van der Waals surface area contributed by atoms with Gasteiger partial charge >= 0.3 is 0 Å². The van der Waals surface area contributed by atoms with Gasteiger partial charge in [-0.3, -0.25) is 13.9 Å². The molecule has 0 bridgehead atoms. The fourth-order valence-corrected chi connectivity index (χ4v) is 5.29. The molecule has 0 radical (unpaired) electrons. The van der Waals surface area contributed by atoms with Crippen molar-refractivity contribution in [1.29, 1.82) is 0 Å². The normalized spacial score (nSPS) is 12.2. The van der Waals surface area contributed by atoms with E-state index in [1.807, 2.05) is 39.0 Å². The molecule has 0 aliphatic heterocycles. The van der Waals surface area contributed by atoms with E-state index in [9.17, 15) is 18.0 Å². The maximum atomic E-state index is 13.3. The van der Waals surface area contributed by atoms with Gasteiger partial charge < -0.3 is 10.2 Å². The number of hydrogen-bond acceptors (Lipinski definition) is 4. The standard InChI is InChI=1S/C25H33Cl2N3O4S/c1-6-23(25(32)28-4)29(16-19-9-10-21(26)22(27)15-19)24(31)8-7-11-30(35(5,33)34)20-13-17(2)12-18(3)14-20/h9-10,12-15,23H,6-8,11,16H2,1-5H3,(H,28,32). The molecule has 0 spiro atoms. The van der Waals surface area contributed by atoms with Gasteiger partial charge in [0.2, 0.25) is 21.8 Å². The van der Waals surface area contributed by atoms with E-state index in [0.29, 0.717) is 28.6 Å². The first kappa shape index (κ1) is 28.9.